The number of allylic oxidation sites excluding steroid dienone is 6. The number of nitriles is 2. The van der Waals surface area contributed by atoms with Gasteiger partial charge in [0.2, 0.25) is 0 Å². The topological polar surface area (TPSA) is 99.6 Å². The minimum Gasteiger partial charge on any atom is -0.404 e. The Morgan fingerprint density at radius 2 is 0.886 bits per heavy atom. The number of hydrogen-bond donors (Lipinski definition) is 2. The van der Waals surface area contributed by atoms with Crippen molar-refractivity contribution in [3.8, 4) is 34.4 Å². The van der Waals surface area contributed by atoms with E-state index >= 15 is 0 Å². The van der Waals surface area contributed by atoms with Gasteiger partial charge in [-0.3, -0.25) is 0 Å². The van der Waals surface area contributed by atoms with Crippen LogP contribution in [-0.2, 0) is 0 Å². The van der Waals surface area contributed by atoms with E-state index in [1.807, 2.05) is 13.8 Å². The van der Waals surface area contributed by atoms with E-state index in [0.717, 1.165) is 33.4 Å². The van der Waals surface area contributed by atoms with Gasteiger partial charge in [0.15, 0.2) is 0 Å². The molecule has 210 valence electrons. The summed E-state index contributed by atoms with van der Waals surface area (Å²) < 4.78 is 0. The van der Waals surface area contributed by atoms with E-state index in [4.69, 9.17) is 11.5 Å². The first-order chi connectivity index (χ1) is 21.4. The molecule has 4 N–H and O–H groups in total. The van der Waals surface area contributed by atoms with Crippen LogP contribution in [0, 0.1) is 22.7 Å². The van der Waals surface area contributed by atoms with Crippen molar-refractivity contribution in [2.75, 3.05) is 0 Å². The van der Waals surface area contributed by atoms with Crippen molar-refractivity contribution in [3.05, 3.63) is 144 Å². The van der Waals surface area contributed by atoms with Crippen LogP contribution in [0.1, 0.15) is 25.0 Å². The van der Waals surface area contributed by atoms with Gasteiger partial charge in [0.1, 0.15) is 12.1 Å². The highest BCUT2D eigenvalue weighted by Gasteiger charge is 2.15. The molecule has 44 heavy (non-hydrogen) atoms. The molecule has 0 atom stereocenters. The molecule has 4 heteroatoms. The Labute approximate surface area is 257 Å². The molecular weight excluding hydrogens is 536 g/mol. The summed E-state index contributed by atoms with van der Waals surface area (Å²) in [6.45, 7) is 3.97. The summed E-state index contributed by atoms with van der Waals surface area (Å²) in [4.78, 5) is 0. The maximum Gasteiger partial charge on any atom is 0.101 e. The standard InChI is InChI=1S/C40H30N4/c1-25(19-27(21-41)22-42)29-3-7-31(8-4-29)35-15-11-33-14-18-38-36(16-12-34-13-17-37(35)39(33)40(34)38)32-9-5-30(6-10-32)26(2)20-28(23-43)24-44/h3-21,23H,41,43H2,1-2H3/b25-19+,26-20+,27-21+,28-23+. The van der Waals surface area contributed by atoms with E-state index in [9.17, 15) is 10.5 Å². The number of rotatable bonds is 6. The van der Waals surface area contributed by atoms with Gasteiger partial charge in [-0.1, -0.05) is 97.1 Å². The average molecular weight is 567 g/mol. The first-order valence-electron chi connectivity index (χ1n) is 14.4. The normalized spacial score (nSPS) is 13.0. The molecule has 0 spiro atoms. The van der Waals surface area contributed by atoms with Crippen LogP contribution in [0.2, 0.25) is 0 Å². The molecule has 0 aliphatic carbocycles. The van der Waals surface area contributed by atoms with Gasteiger partial charge < -0.3 is 11.5 Å². The molecule has 4 nitrogen and oxygen atoms in total. The second-order valence-corrected chi connectivity index (χ2v) is 10.9. The van der Waals surface area contributed by atoms with E-state index in [1.165, 1.54) is 55.8 Å². The Hall–Kier alpha value is -6.10. The van der Waals surface area contributed by atoms with Gasteiger partial charge in [0.25, 0.3) is 0 Å². The lowest BCUT2D eigenvalue weighted by atomic mass is 9.87. The number of hydrogen-bond acceptors (Lipinski definition) is 4. The molecule has 0 amide bonds. The maximum absolute atomic E-state index is 9.23. The number of nitrogens with zero attached hydrogens (tertiary/aromatic N) is 2. The van der Waals surface area contributed by atoms with Crippen molar-refractivity contribution >= 4 is 43.5 Å². The third-order valence-corrected chi connectivity index (χ3v) is 8.33. The van der Waals surface area contributed by atoms with E-state index in [1.54, 1.807) is 12.2 Å². The first-order valence-corrected chi connectivity index (χ1v) is 14.4. The SMILES string of the molecule is C/C(=C\C(C#N)=C/N)c1ccc(-c2ccc3ccc4c(-c5ccc(/C(C)=C/C(C#N)=C\N)cc5)ccc5ccc2c3c54)cc1. The third-order valence-electron chi connectivity index (χ3n) is 8.33. The predicted octanol–water partition coefficient (Wildman–Crippen LogP) is 9.46. The molecule has 0 saturated carbocycles. The van der Waals surface area contributed by atoms with Gasteiger partial charge >= 0.3 is 0 Å². The molecule has 6 rings (SSSR count). The summed E-state index contributed by atoms with van der Waals surface area (Å²) in [6, 6.07) is 38.9. The van der Waals surface area contributed by atoms with Crippen LogP contribution < -0.4 is 11.5 Å². The van der Waals surface area contributed by atoms with Crippen LogP contribution >= 0.6 is 0 Å². The Bertz CT molecular complexity index is 2090. The second-order valence-electron chi connectivity index (χ2n) is 10.9. The fourth-order valence-electron chi connectivity index (χ4n) is 6.00. The second kappa shape index (κ2) is 11.6. The van der Waals surface area contributed by atoms with Crippen LogP contribution in [0.15, 0.2) is 133 Å². The van der Waals surface area contributed by atoms with E-state index in [2.05, 4.69) is 109 Å². The van der Waals surface area contributed by atoms with Gasteiger partial charge in [-0.15, -0.1) is 0 Å². The lowest BCUT2D eigenvalue weighted by molar-refractivity contribution is 1.45. The van der Waals surface area contributed by atoms with Gasteiger partial charge in [-0.2, -0.15) is 10.5 Å². The quantitative estimate of drug-likeness (QED) is 0.119. The summed E-state index contributed by atoms with van der Waals surface area (Å²) in [5.74, 6) is 0. The summed E-state index contributed by atoms with van der Waals surface area (Å²) >= 11 is 0. The Kier molecular flexibility index (Phi) is 7.42. The fourth-order valence-corrected chi connectivity index (χ4v) is 6.00. The number of nitrogens with two attached hydrogens (primary N) is 2. The van der Waals surface area contributed by atoms with Crippen molar-refractivity contribution in [3.63, 3.8) is 0 Å². The molecule has 0 bridgehead atoms. The van der Waals surface area contributed by atoms with Crippen LogP contribution in [-0.4, -0.2) is 0 Å². The van der Waals surface area contributed by atoms with Gasteiger partial charge in [0, 0.05) is 12.4 Å². The van der Waals surface area contributed by atoms with Crippen molar-refractivity contribution < 1.29 is 0 Å². The van der Waals surface area contributed by atoms with Gasteiger partial charge in [0.05, 0.1) is 11.1 Å². The smallest absolute Gasteiger partial charge is 0.101 e. The maximum atomic E-state index is 9.23. The van der Waals surface area contributed by atoms with Crippen LogP contribution in [0.5, 0.6) is 0 Å². The average Bonchev–Trinajstić information content (AvgIpc) is 3.08. The summed E-state index contributed by atoms with van der Waals surface area (Å²) in [7, 11) is 0. The van der Waals surface area contributed by atoms with Crippen molar-refractivity contribution in [2.45, 2.75) is 13.8 Å². The Balaban J connectivity index is 1.44. The molecule has 0 radical (unpaired) electrons. The Morgan fingerprint density at radius 3 is 1.23 bits per heavy atom. The molecule has 6 aromatic carbocycles. The predicted molar refractivity (Wildman–Crippen MR) is 184 cm³/mol. The largest absolute Gasteiger partial charge is 0.404 e. The minimum absolute atomic E-state index is 0.440. The molecular formula is C40H30N4. The minimum atomic E-state index is 0.440. The fraction of sp³-hybridized carbons (Fsp3) is 0.0500. The lowest BCUT2D eigenvalue weighted by Crippen LogP contribution is -1.90. The van der Waals surface area contributed by atoms with Crippen LogP contribution in [0.4, 0.5) is 0 Å². The third kappa shape index (κ3) is 4.96. The monoisotopic (exact) mass is 566 g/mol. The van der Waals surface area contributed by atoms with E-state index < -0.39 is 0 Å². The zero-order valence-electron chi connectivity index (χ0n) is 24.6. The molecule has 0 heterocycles. The summed E-state index contributed by atoms with van der Waals surface area (Å²) in [6.07, 6.45) is 6.27. The highest BCUT2D eigenvalue weighted by molar-refractivity contribution is 6.27. The molecule has 0 aliphatic rings. The van der Waals surface area contributed by atoms with Crippen LogP contribution in [0.3, 0.4) is 0 Å². The molecule has 0 aromatic heterocycles. The van der Waals surface area contributed by atoms with Crippen molar-refractivity contribution in [1.29, 1.82) is 10.5 Å². The van der Waals surface area contributed by atoms with Gasteiger partial charge in [-0.25, -0.2) is 0 Å². The summed E-state index contributed by atoms with van der Waals surface area (Å²) in [5, 5.41) is 25.8. The van der Waals surface area contributed by atoms with Crippen LogP contribution in [0.25, 0.3) is 65.7 Å². The highest BCUT2D eigenvalue weighted by Crippen LogP contribution is 2.42. The molecule has 0 saturated heterocycles. The Morgan fingerprint density at radius 1 is 0.523 bits per heavy atom. The lowest BCUT2D eigenvalue weighted by Gasteiger charge is -2.17. The zero-order chi connectivity index (χ0) is 30.8. The highest BCUT2D eigenvalue weighted by atomic mass is 14.5. The summed E-state index contributed by atoms with van der Waals surface area (Å²) in [5.41, 5.74) is 20.7. The van der Waals surface area contributed by atoms with Gasteiger partial charge in [-0.05, 0) is 103 Å². The first kappa shape index (κ1) is 28.0. The number of benzene rings is 6. The molecule has 6 aromatic rings. The molecule has 0 fully saturated rings. The zero-order valence-corrected chi connectivity index (χ0v) is 24.6. The van der Waals surface area contributed by atoms with E-state index in [0.29, 0.717) is 11.1 Å². The van der Waals surface area contributed by atoms with Crippen molar-refractivity contribution in [1.82, 2.24) is 0 Å². The van der Waals surface area contributed by atoms with E-state index in [-0.39, 0.29) is 0 Å². The molecule has 0 unspecified atom stereocenters. The van der Waals surface area contributed by atoms with Crippen molar-refractivity contribution in [2.24, 2.45) is 11.5 Å². The molecule has 0 aliphatic heterocycles.